The molecule has 2 heterocycles. The Morgan fingerprint density at radius 2 is 1.87 bits per heavy atom. The summed E-state index contributed by atoms with van der Waals surface area (Å²) in [7, 11) is 1.67. The van der Waals surface area contributed by atoms with Crippen molar-refractivity contribution in [3.8, 4) is 22.8 Å². The third-order valence-electron chi connectivity index (χ3n) is 4.07. The Balaban J connectivity index is 1.92. The van der Waals surface area contributed by atoms with Gasteiger partial charge in [0.15, 0.2) is 5.82 Å². The van der Waals surface area contributed by atoms with E-state index in [1.807, 2.05) is 36.0 Å². The first-order valence-electron chi connectivity index (χ1n) is 7.60. The summed E-state index contributed by atoms with van der Waals surface area (Å²) in [5.41, 5.74) is 2.20. The Kier molecular flexibility index (Phi) is 3.58. The van der Waals surface area contributed by atoms with Crippen LogP contribution in [-0.4, -0.2) is 27.6 Å². The van der Waals surface area contributed by atoms with Gasteiger partial charge in [0.1, 0.15) is 11.6 Å². The van der Waals surface area contributed by atoms with E-state index >= 15 is 0 Å². The lowest BCUT2D eigenvalue weighted by molar-refractivity contribution is 0.415. The van der Waals surface area contributed by atoms with Crippen molar-refractivity contribution in [3.05, 3.63) is 54.4 Å². The molecule has 2 aromatic carbocycles. The number of nitrogens with zero attached hydrogens (tertiary/aromatic N) is 3. The van der Waals surface area contributed by atoms with Gasteiger partial charge in [-0.15, -0.1) is 22.0 Å². The molecule has 1 aliphatic rings. The van der Waals surface area contributed by atoms with Crippen molar-refractivity contribution >= 4 is 11.8 Å². The number of rotatable bonds is 2. The van der Waals surface area contributed by atoms with Gasteiger partial charge in [0.25, 0.3) is 0 Å². The van der Waals surface area contributed by atoms with E-state index < -0.39 is 0 Å². The number of ether oxygens (including phenoxy) is 1. The van der Waals surface area contributed by atoms with Crippen LogP contribution in [0.15, 0.2) is 53.4 Å². The minimum Gasteiger partial charge on any atom is -0.497 e. The van der Waals surface area contributed by atoms with Crippen LogP contribution >= 0.6 is 11.8 Å². The molecule has 1 aliphatic heterocycles. The fourth-order valence-electron chi connectivity index (χ4n) is 2.83. The molecule has 0 radical (unpaired) electrons. The summed E-state index contributed by atoms with van der Waals surface area (Å²) in [5, 5.41) is 8.96. The molecule has 4 nitrogen and oxygen atoms in total. The van der Waals surface area contributed by atoms with E-state index in [4.69, 9.17) is 4.74 Å². The van der Waals surface area contributed by atoms with E-state index in [1.54, 1.807) is 7.11 Å². The first kappa shape index (κ1) is 14.3. The van der Waals surface area contributed by atoms with E-state index in [9.17, 15) is 0 Å². The fourth-order valence-corrected chi connectivity index (χ4v) is 3.89. The molecule has 0 N–H and O–H groups in total. The molecule has 23 heavy (non-hydrogen) atoms. The van der Waals surface area contributed by atoms with Crippen LogP contribution in [-0.2, 0) is 0 Å². The number of para-hydroxylation sites is 1. The summed E-state index contributed by atoms with van der Waals surface area (Å²) in [5.74, 6) is 4.11. The van der Waals surface area contributed by atoms with Gasteiger partial charge < -0.3 is 4.74 Å². The Bertz CT molecular complexity index is 842. The summed E-state index contributed by atoms with van der Waals surface area (Å²) in [4.78, 5) is 1.27. The van der Waals surface area contributed by atoms with Crippen molar-refractivity contribution in [1.82, 2.24) is 14.8 Å². The molecule has 0 fully saturated rings. The van der Waals surface area contributed by atoms with Crippen molar-refractivity contribution < 1.29 is 4.74 Å². The van der Waals surface area contributed by atoms with E-state index in [2.05, 4.69) is 46.0 Å². The van der Waals surface area contributed by atoms with Crippen LogP contribution in [0.2, 0.25) is 0 Å². The van der Waals surface area contributed by atoms with Crippen LogP contribution in [0.3, 0.4) is 0 Å². The zero-order chi connectivity index (χ0) is 15.8. The largest absolute Gasteiger partial charge is 0.497 e. The normalized spacial score (nSPS) is 16.3. The molecule has 4 rings (SSSR count). The lowest BCUT2D eigenvalue weighted by Crippen LogP contribution is -2.05. The summed E-state index contributed by atoms with van der Waals surface area (Å²) in [6, 6.07) is 16.4. The summed E-state index contributed by atoms with van der Waals surface area (Å²) >= 11 is 1.88. The highest BCUT2D eigenvalue weighted by molar-refractivity contribution is 7.99. The van der Waals surface area contributed by atoms with Gasteiger partial charge in [-0.25, -0.2) is 0 Å². The van der Waals surface area contributed by atoms with Gasteiger partial charge in [0.05, 0.1) is 12.8 Å². The van der Waals surface area contributed by atoms with Gasteiger partial charge in [-0.05, 0) is 36.4 Å². The summed E-state index contributed by atoms with van der Waals surface area (Å²) in [6.07, 6.45) is 0. The molecule has 1 atom stereocenters. The molecule has 0 saturated heterocycles. The molecule has 0 aliphatic carbocycles. The number of benzene rings is 2. The molecule has 1 aromatic heterocycles. The van der Waals surface area contributed by atoms with E-state index in [1.165, 1.54) is 4.90 Å². The van der Waals surface area contributed by atoms with Crippen LogP contribution in [0.5, 0.6) is 5.75 Å². The molecule has 3 aromatic rings. The first-order chi connectivity index (χ1) is 11.3. The standard InChI is InChI=1S/C18H17N3OS/c1-12-11-23-16-6-4-3-5-15(16)21-17(12)19-20-18(21)13-7-9-14(22-2)10-8-13/h3-10,12H,11H2,1-2H3. The van der Waals surface area contributed by atoms with Gasteiger partial charge in [0, 0.05) is 22.1 Å². The van der Waals surface area contributed by atoms with Gasteiger partial charge in [-0.3, -0.25) is 4.57 Å². The van der Waals surface area contributed by atoms with Gasteiger partial charge in [0.2, 0.25) is 0 Å². The average Bonchev–Trinajstić information content (AvgIpc) is 2.99. The maximum atomic E-state index is 5.25. The number of hydrogen-bond donors (Lipinski definition) is 0. The second kappa shape index (κ2) is 5.74. The van der Waals surface area contributed by atoms with Crippen LogP contribution in [0, 0.1) is 0 Å². The van der Waals surface area contributed by atoms with Gasteiger partial charge in [-0.1, -0.05) is 19.1 Å². The maximum absolute atomic E-state index is 5.25. The quantitative estimate of drug-likeness (QED) is 0.710. The van der Waals surface area contributed by atoms with Gasteiger partial charge >= 0.3 is 0 Å². The van der Waals surface area contributed by atoms with Crippen molar-refractivity contribution in [2.75, 3.05) is 12.9 Å². The Labute approximate surface area is 139 Å². The molecular formula is C18H17N3OS. The molecule has 0 amide bonds. The van der Waals surface area contributed by atoms with Crippen LogP contribution in [0.25, 0.3) is 17.1 Å². The summed E-state index contributed by atoms with van der Waals surface area (Å²) < 4.78 is 7.44. The first-order valence-corrected chi connectivity index (χ1v) is 8.58. The highest BCUT2D eigenvalue weighted by Gasteiger charge is 2.25. The second-order valence-electron chi connectivity index (χ2n) is 5.63. The summed E-state index contributed by atoms with van der Waals surface area (Å²) in [6.45, 7) is 2.21. The smallest absolute Gasteiger partial charge is 0.168 e. The number of methoxy groups -OCH3 is 1. The number of fused-ring (bicyclic) bond motifs is 3. The lowest BCUT2D eigenvalue weighted by atomic mass is 10.1. The molecule has 116 valence electrons. The highest BCUT2D eigenvalue weighted by atomic mass is 32.2. The lowest BCUT2D eigenvalue weighted by Gasteiger charge is -2.12. The third-order valence-corrected chi connectivity index (χ3v) is 5.39. The molecule has 0 spiro atoms. The highest BCUT2D eigenvalue weighted by Crippen LogP contribution is 2.38. The third kappa shape index (κ3) is 2.41. The number of hydrogen-bond acceptors (Lipinski definition) is 4. The molecular weight excluding hydrogens is 306 g/mol. The van der Waals surface area contributed by atoms with Crippen molar-refractivity contribution in [2.24, 2.45) is 0 Å². The zero-order valence-electron chi connectivity index (χ0n) is 13.1. The molecule has 0 saturated carbocycles. The van der Waals surface area contributed by atoms with Crippen LogP contribution in [0.1, 0.15) is 18.7 Å². The van der Waals surface area contributed by atoms with Crippen molar-refractivity contribution in [1.29, 1.82) is 0 Å². The predicted molar refractivity (Wildman–Crippen MR) is 92.5 cm³/mol. The second-order valence-corrected chi connectivity index (χ2v) is 6.69. The van der Waals surface area contributed by atoms with Crippen LogP contribution in [0.4, 0.5) is 0 Å². The Morgan fingerprint density at radius 1 is 1.09 bits per heavy atom. The van der Waals surface area contributed by atoms with Crippen LogP contribution < -0.4 is 4.74 Å². The van der Waals surface area contributed by atoms with Gasteiger partial charge in [-0.2, -0.15) is 0 Å². The minimum absolute atomic E-state index is 0.354. The minimum atomic E-state index is 0.354. The average molecular weight is 323 g/mol. The predicted octanol–water partition coefficient (Wildman–Crippen LogP) is 4.15. The Morgan fingerprint density at radius 3 is 2.65 bits per heavy atom. The molecule has 0 bridgehead atoms. The molecule has 1 unspecified atom stereocenters. The van der Waals surface area contributed by atoms with Crippen molar-refractivity contribution in [3.63, 3.8) is 0 Å². The zero-order valence-corrected chi connectivity index (χ0v) is 13.9. The van der Waals surface area contributed by atoms with E-state index in [-0.39, 0.29) is 0 Å². The SMILES string of the molecule is COc1ccc(-c2nnc3n2-c2ccccc2SCC3C)cc1. The number of thioether (sulfide) groups is 1. The maximum Gasteiger partial charge on any atom is 0.168 e. The monoisotopic (exact) mass is 323 g/mol. The topological polar surface area (TPSA) is 39.9 Å². The van der Waals surface area contributed by atoms with E-state index in [0.717, 1.165) is 34.4 Å². The molecule has 5 heteroatoms. The van der Waals surface area contributed by atoms with Crippen molar-refractivity contribution in [2.45, 2.75) is 17.7 Å². The van der Waals surface area contributed by atoms with E-state index in [0.29, 0.717) is 5.92 Å². The Hall–Kier alpha value is -2.27. The fraction of sp³-hybridized carbons (Fsp3) is 0.222. The number of aromatic nitrogens is 3.